The van der Waals surface area contributed by atoms with E-state index in [9.17, 15) is 28.0 Å². The van der Waals surface area contributed by atoms with Crippen molar-refractivity contribution in [3.05, 3.63) is 11.6 Å². The molecule has 0 unspecified atom stereocenters. The van der Waals surface area contributed by atoms with Gasteiger partial charge in [-0.3, -0.25) is 4.79 Å². The van der Waals surface area contributed by atoms with Gasteiger partial charge in [0, 0.05) is 18.1 Å². The van der Waals surface area contributed by atoms with Crippen LogP contribution in [0.5, 0.6) is 0 Å². The Kier molecular flexibility index (Phi) is 8.59. The number of carbonyl (C=O) groups is 1. The Hall–Kier alpha value is 0.240. The predicted molar refractivity (Wildman–Crippen MR) is 130 cm³/mol. The summed E-state index contributed by atoms with van der Waals surface area (Å²) in [5, 5.41) is 21.8. The van der Waals surface area contributed by atoms with Crippen LogP contribution in [-0.2, 0) is 14.9 Å². The molecule has 0 radical (unpaired) electrons. The molecule has 2 N–H and O–H groups in total. The van der Waals surface area contributed by atoms with E-state index in [1.165, 1.54) is 5.57 Å². The fraction of sp³-hybridized carbons (Fsp3) is 0.889. The van der Waals surface area contributed by atoms with Crippen molar-refractivity contribution < 1.29 is 57.5 Å². The molecule has 9 atom stereocenters. The van der Waals surface area contributed by atoms with Crippen molar-refractivity contribution in [1.29, 1.82) is 0 Å². The number of hydrogen-bond acceptors (Lipinski definition) is 6. The monoisotopic (exact) mass is 518 g/mol. The van der Waals surface area contributed by atoms with E-state index >= 15 is 0 Å². The van der Waals surface area contributed by atoms with Gasteiger partial charge < -0.3 is 14.8 Å². The number of carbonyl (C=O) groups excluding carboxylic acids is 1. The molecule has 6 nitrogen and oxygen atoms in total. The van der Waals surface area contributed by atoms with Gasteiger partial charge in [0.1, 0.15) is 5.78 Å². The fourth-order valence-corrected chi connectivity index (χ4v) is 9.72. The smallest absolute Gasteiger partial charge is 0.748 e. The second kappa shape index (κ2) is 10.1. The standard InChI is InChI=1S/C27H44O6S.Na/c1-16(2)12-17(28)15-27(5,30)24-7-6-20-19-14-23(29)22-13-18(34(31,32)33)8-10-25(22,3)21(19)9-11-26(20,24)4;/h9,16,18-20,22-24,29-30H,6-8,10-15H2,1-5H3,(H,31,32,33);/q;+1/p-1/t18-,19-,20-,22+,23-,24-,25+,26-,27-;/m0./s1. The minimum atomic E-state index is -4.36. The zero-order chi connectivity index (χ0) is 25.3. The van der Waals surface area contributed by atoms with Crippen LogP contribution in [0.1, 0.15) is 92.4 Å². The maximum absolute atomic E-state index is 12.6. The van der Waals surface area contributed by atoms with Crippen LogP contribution >= 0.6 is 0 Å². The summed E-state index contributed by atoms with van der Waals surface area (Å²) < 4.78 is 35.1. The Morgan fingerprint density at radius 1 is 1.20 bits per heavy atom. The molecule has 3 saturated carbocycles. The van der Waals surface area contributed by atoms with Crippen LogP contribution in [0.3, 0.4) is 0 Å². The van der Waals surface area contributed by atoms with Crippen LogP contribution in [-0.4, -0.2) is 45.9 Å². The first-order valence-corrected chi connectivity index (χ1v) is 14.6. The van der Waals surface area contributed by atoms with Crippen LogP contribution in [0, 0.1) is 40.4 Å². The average Bonchev–Trinajstić information content (AvgIpc) is 3.04. The first kappa shape index (κ1) is 29.8. The zero-order valence-corrected chi connectivity index (χ0v) is 25.2. The van der Waals surface area contributed by atoms with Crippen LogP contribution in [0.2, 0.25) is 0 Å². The largest absolute Gasteiger partial charge is 1.00 e. The SMILES string of the molecule is CC(C)CC(=O)C[C@](C)(O)[C@H]1CC[C@H]2[C@@H]3C[C@H](O)[C@H]4C[C@@H](S(=O)(=O)[O-])CC[C@]4(C)C3=CC[C@@]21C.[Na+]. The summed E-state index contributed by atoms with van der Waals surface area (Å²) in [6.45, 7) is 10.3. The second-order valence-corrected chi connectivity index (χ2v) is 14.8. The third kappa shape index (κ3) is 5.26. The van der Waals surface area contributed by atoms with Crippen LogP contribution < -0.4 is 29.6 Å². The van der Waals surface area contributed by atoms with Gasteiger partial charge in [0.05, 0.1) is 21.8 Å². The van der Waals surface area contributed by atoms with E-state index in [0.717, 1.165) is 19.3 Å². The Labute approximate surface area is 233 Å². The Balaban J connectivity index is 0.00000342. The zero-order valence-electron chi connectivity index (χ0n) is 22.4. The van der Waals surface area contributed by atoms with Crippen LogP contribution in [0.4, 0.5) is 0 Å². The molecule has 0 aromatic carbocycles. The van der Waals surface area contributed by atoms with Gasteiger partial charge in [-0.05, 0) is 92.3 Å². The van der Waals surface area contributed by atoms with Gasteiger partial charge in [-0.25, -0.2) is 8.42 Å². The van der Waals surface area contributed by atoms with Crippen LogP contribution in [0.25, 0.3) is 0 Å². The summed E-state index contributed by atoms with van der Waals surface area (Å²) >= 11 is 0. The van der Waals surface area contributed by atoms with E-state index in [4.69, 9.17) is 0 Å². The molecule has 4 aliphatic carbocycles. The molecule has 3 fully saturated rings. The molecule has 0 aliphatic heterocycles. The number of hydrogen-bond donors (Lipinski definition) is 2. The summed E-state index contributed by atoms with van der Waals surface area (Å²) in [7, 11) is -4.36. The van der Waals surface area contributed by atoms with Crippen molar-refractivity contribution in [2.75, 3.05) is 0 Å². The average molecular weight is 519 g/mol. The molecule has 194 valence electrons. The van der Waals surface area contributed by atoms with Crippen molar-refractivity contribution in [2.24, 2.45) is 40.4 Å². The maximum atomic E-state index is 12.6. The van der Waals surface area contributed by atoms with Crippen molar-refractivity contribution in [3.63, 3.8) is 0 Å². The van der Waals surface area contributed by atoms with E-state index in [1.807, 2.05) is 20.8 Å². The molecule has 35 heavy (non-hydrogen) atoms. The summed E-state index contributed by atoms with van der Waals surface area (Å²) in [6, 6.07) is 0. The molecule has 8 heteroatoms. The first-order chi connectivity index (χ1) is 15.6. The van der Waals surface area contributed by atoms with Gasteiger partial charge in [-0.2, -0.15) is 0 Å². The predicted octanol–water partition coefficient (Wildman–Crippen LogP) is 1.21. The number of fused-ring (bicyclic) bond motifs is 5. The van der Waals surface area contributed by atoms with Crippen molar-refractivity contribution in [2.45, 2.75) is 109 Å². The molecule has 0 aromatic heterocycles. The molecule has 4 rings (SSSR count). The van der Waals surface area contributed by atoms with E-state index in [1.54, 1.807) is 0 Å². The quantitative estimate of drug-likeness (QED) is 0.310. The van der Waals surface area contributed by atoms with Gasteiger partial charge >= 0.3 is 29.6 Å². The Morgan fingerprint density at radius 3 is 2.46 bits per heavy atom. The second-order valence-electron chi connectivity index (χ2n) is 13.1. The molecular weight excluding hydrogens is 475 g/mol. The van der Waals surface area contributed by atoms with Crippen molar-refractivity contribution in [1.82, 2.24) is 0 Å². The van der Waals surface area contributed by atoms with E-state index in [0.29, 0.717) is 31.6 Å². The van der Waals surface area contributed by atoms with Gasteiger partial charge in [-0.15, -0.1) is 0 Å². The van der Waals surface area contributed by atoms with Gasteiger partial charge in [-0.1, -0.05) is 39.3 Å². The maximum Gasteiger partial charge on any atom is 1.00 e. The van der Waals surface area contributed by atoms with E-state index < -0.39 is 27.1 Å². The topological polar surface area (TPSA) is 115 Å². The first-order valence-electron chi connectivity index (χ1n) is 13.2. The minimum absolute atomic E-state index is 0. The normalized spacial score (nSPS) is 42.7. The third-order valence-electron chi connectivity index (χ3n) is 10.3. The van der Waals surface area contributed by atoms with Gasteiger partial charge in [0.25, 0.3) is 0 Å². The number of rotatable bonds is 6. The number of aliphatic hydroxyl groups excluding tert-OH is 1. The Morgan fingerprint density at radius 2 is 1.86 bits per heavy atom. The Bertz CT molecular complexity index is 959. The van der Waals surface area contributed by atoms with E-state index in [-0.39, 0.29) is 82.7 Å². The molecular formula is C27H43NaO6S. The number of ketones is 1. The van der Waals surface area contributed by atoms with Gasteiger partial charge in [0.15, 0.2) is 0 Å². The summed E-state index contributed by atoms with van der Waals surface area (Å²) in [6.07, 6.45) is 6.80. The number of Topliss-reactive ketones (excluding diaryl/α,β-unsaturated/α-hetero) is 1. The molecule has 0 amide bonds. The number of allylic oxidation sites excluding steroid dienone is 2. The molecule has 0 saturated heterocycles. The molecule has 0 bridgehead atoms. The summed E-state index contributed by atoms with van der Waals surface area (Å²) in [5.41, 5.74) is -0.156. The number of aliphatic hydroxyl groups is 2. The van der Waals surface area contributed by atoms with Gasteiger partial charge in [0.2, 0.25) is 0 Å². The molecule has 4 aliphatic rings. The van der Waals surface area contributed by atoms with Crippen LogP contribution in [0.15, 0.2) is 11.6 Å². The summed E-state index contributed by atoms with van der Waals surface area (Å²) in [4.78, 5) is 12.6. The fourth-order valence-electron chi connectivity index (χ4n) is 8.87. The third-order valence-corrected chi connectivity index (χ3v) is 11.6. The van der Waals surface area contributed by atoms with E-state index in [2.05, 4.69) is 19.9 Å². The molecule has 0 aromatic rings. The summed E-state index contributed by atoms with van der Waals surface area (Å²) in [5.74, 6) is 0.714. The minimum Gasteiger partial charge on any atom is -0.748 e. The van der Waals surface area contributed by atoms with Crippen molar-refractivity contribution in [3.8, 4) is 0 Å². The van der Waals surface area contributed by atoms with Crippen molar-refractivity contribution >= 4 is 15.9 Å². The molecule has 0 spiro atoms. The molecule has 0 heterocycles.